The second-order valence-electron chi connectivity index (χ2n) is 15.4. The van der Waals surface area contributed by atoms with Gasteiger partial charge in [-0.1, -0.05) is 31.7 Å². The number of Topliss-reactive ketones (excluding diaryl/α,β-unsaturated/α-hetero) is 1. The Morgan fingerprint density at radius 1 is 0.681 bits per heavy atom. The predicted octanol–water partition coefficient (Wildman–Crippen LogP) is 3.08. The number of carbonyl (C=O) groups excluding carboxylic acids is 4. The zero-order chi connectivity index (χ0) is 50.9. The molecule has 4 atom stereocenters. The van der Waals surface area contributed by atoms with Crippen LogP contribution in [0.1, 0.15) is 121 Å². The number of halogens is 3. The molecule has 25 heteroatoms. The number of H-pyrrole nitrogens is 2. The SMILES string of the molecule is C.C[C@H](CCC(=O)O)NC(=O)c1ccc(C(C=O)CCCc2c(N)nc(N)[nH]c2=O)cc1.Nc1nc(N)c(CCCC(C(=O)C(F)(F)F)c2ccc(C(=O)N[C@@H](CCC(=O)O)C(=O)O)cc2)c(=O)[nH]1. The van der Waals surface area contributed by atoms with Crippen molar-refractivity contribution in [3.05, 3.63) is 103 Å². The van der Waals surface area contributed by atoms with Crippen molar-refractivity contribution in [2.45, 2.75) is 109 Å². The highest BCUT2D eigenvalue weighted by atomic mass is 19.4. The highest BCUT2D eigenvalue weighted by molar-refractivity contribution is 5.97. The summed E-state index contributed by atoms with van der Waals surface area (Å²) in [5.74, 6) is -9.28. The fourth-order valence-electron chi connectivity index (χ4n) is 6.73. The molecule has 15 N–H and O–H groups in total. The van der Waals surface area contributed by atoms with Crippen LogP contribution in [-0.2, 0) is 36.8 Å². The van der Waals surface area contributed by atoms with E-state index in [4.69, 9.17) is 38.3 Å². The van der Waals surface area contributed by atoms with Gasteiger partial charge in [-0.15, -0.1) is 0 Å². The number of nitrogen functional groups attached to an aromatic ring is 4. The number of aliphatic carboxylic acids is 3. The van der Waals surface area contributed by atoms with E-state index in [2.05, 4.69) is 30.6 Å². The number of rotatable bonds is 23. The van der Waals surface area contributed by atoms with Gasteiger partial charge in [0.25, 0.3) is 22.9 Å². The number of ketones is 1. The van der Waals surface area contributed by atoms with Gasteiger partial charge in [0, 0.05) is 35.9 Å². The van der Waals surface area contributed by atoms with Crippen LogP contribution < -0.4 is 44.7 Å². The number of carbonyl (C=O) groups is 7. The second kappa shape index (κ2) is 26.3. The second-order valence-corrected chi connectivity index (χ2v) is 15.4. The summed E-state index contributed by atoms with van der Waals surface area (Å²) in [7, 11) is 0. The number of alkyl halides is 3. The molecule has 0 spiro atoms. The molecule has 0 aliphatic heterocycles. The maximum atomic E-state index is 13.3. The van der Waals surface area contributed by atoms with Crippen LogP contribution in [0, 0.1) is 0 Å². The molecule has 2 aromatic heterocycles. The number of carboxylic acids is 3. The first-order valence-electron chi connectivity index (χ1n) is 20.7. The molecule has 4 rings (SSSR count). The minimum absolute atomic E-state index is 0. The van der Waals surface area contributed by atoms with E-state index in [0.29, 0.717) is 36.8 Å². The van der Waals surface area contributed by atoms with Crippen molar-refractivity contribution in [1.29, 1.82) is 0 Å². The quantitative estimate of drug-likeness (QED) is 0.0476. The summed E-state index contributed by atoms with van der Waals surface area (Å²) in [6, 6.07) is 9.38. The molecule has 69 heavy (non-hydrogen) atoms. The van der Waals surface area contributed by atoms with Crippen molar-refractivity contribution < 1.29 is 62.1 Å². The first kappa shape index (κ1) is 57.0. The Kier molecular flexibility index (Phi) is 21.7. The summed E-state index contributed by atoms with van der Waals surface area (Å²) in [5, 5.41) is 31.5. The molecule has 2 heterocycles. The lowest BCUT2D eigenvalue weighted by atomic mass is 9.88. The van der Waals surface area contributed by atoms with Gasteiger partial charge in [-0.25, -0.2) is 4.79 Å². The fourth-order valence-corrected chi connectivity index (χ4v) is 6.73. The van der Waals surface area contributed by atoms with Crippen molar-refractivity contribution in [2.75, 3.05) is 22.9 Å². The molecule has 2 unspecified atom stereocenters. The lowest BCUT2D eigenvalue weighted by Gasteiger charge is -2.19. The third-order valence-corrected chi connectivity index (χ3v) is 10.3. The Morgan fingerprint density at radius 3 is 1.54 bits per heavy atom. The Morgan fingerprint density at radius 2 is 1.12 bits per heavy atom. The topological polar surface area (TPSA) is 400 Å². The average molecular weight is 973 g/mol. The fraction of sp³-hybridized carbons (Fsp3) is 0.386. The highest BCUT2D eigenvalue weighted by Crippen LogP contribution is 2.32. The molecule has 0 saturated heterocycles. The average Bonchev–Trinajstić information content (AvgIpc) is 3.25. The van der Waals surface area contributed by atoms with Crippen LogP contribution in [0.15, 0.2) is 58.1 Å². The Hall–Kier alpha value is -8.12. The normalized spacial score (nSPS) is 12.6. The Balaban J connectivity index is 0.000000474. The third kappa shape index (κ3) is 17.9. The van der Waals surface area contributed by atoms with E-state index in [1.54, 1.807) is 31.2 Å². The van der Waals surface area contributed by atoms with Gasteiger partial charge in [0.05, 0.1) is 17.0 Å². The summed E-state index contributed by atoms with van der Waals surface area (Å²) in [6.45, 7) is 1.74. The predicted molar refractivity (Wildman–Crippen MR) is 245 cm³/mol. The van der Waals surface area contributed by atoms with Crippen LogP contribution >= 0.6 is 0 Å². The largest absolute Gasteiger partial charge is 0.481 e. The lowest BCUT2D eigenvalue weighted by Crippen LogP contribution is -2.41. The molecule has 4 aromatic rings. The summed E-state index contributed by atoms with van der Waals surface area (Å²) >= 11 is 0. The highest BCUT2D eigenvalue weighted by Gasteiger charge is 2.43. The number of nitrogens with one attached hydrogen (secondary N) is 4. The molecule has 0 bridgehead atoms. The van der Waals surface area contributed by atoms with E-state index in [0.717, 1.165) is 36.1 Å². The molecule has 2 aromatic carbocycles. The molecule has 2 amide bonds. The number of anilines is 4. The molecular formula is C44H55F3N10O12. The van der Waals surface area contributed by atoms with Gasteiger partial charge < -0.3 is 53.7 Å². The van der Waals surface area contributed by atoms with Gasteiger partial charge in [0.1, 0.15) is 24.0 Å². The number of nitrogens with two attached hydrogens (primary N) is 4. The molecule has 0 aliphatic carbocycles. The smallest absolute Gasteiger partial charge is 0.450 e. The molecule has 374 valence electrons. The molecule has 0 radical (unpaired) electrons. The zero-order valence-electron chi connectivity index (χ0n) is 36.4. The summed E-state index contributed by atoms with van der Waals surface area (Å²) in [5.41, 5.74) is 22.5. The maximum Gasteiger partial charge on any atom is 0.450 e. The first-order chi connectivity index (χ1) is 31.9. The monoisotopic (exact) mass is 972 g/mol. The number of benzene rings is 2. The van der Waals surface area contributed by atoms with Crippen LogP contribution in [0.5, 0.6) is 0 Å². The van der Waals surface area contributed by atoms with E-state index in [-0.39, 0.29) is 97.3 Å². The molecule has 0 saturated carbocycles. The van der Waals surface area contributed by atoms with Crippen molar-refractivity contribution in [3.8, 4) is 0 Å². The van der Waals surface area contributed by atoms with Crippen LogP contribution in [0.4, 0.5) is 36.7 Å². The standard InChI is InChI=1S/C22H24F3N5O7.C21H27N5O5.CH4/c23-22(24,25)16(33)12(2-1-3-13-17(26)29-21(27)30-19(13)35)10-4-6-11(7-5-10)18(34)28-14(20(36)37)8-9-15(31)32;1-12(5-10-17(28)29)24-19(30)14-8-6-13(7-9-14)15(11-27)3-2-4-16-18(22)25-21(23)26-20(16)31;/h4-7,12,14H,1-3,8-9H2,(H,28,34)(H,31,32)(H,36,37)(H5,26,27,29,30,35);6-9,11-12,15H,2-5,10H2,1H3,(H,24,30)(H,28,29)(H5,22,23,25,26,31);1H4/t12?,14-;12-,15?;/m01./s1. The minimum Gasteiger partial charge on any atom is -0.481 e. The molecule has 0 aliphatic rings. The van der Waals surface area contributed by atoms with E-state index in [1.807, 2.05) is 0 Å². The zero-order valence-corrected chi connectivity index (χ0v) is 36.4. The van der Waals surface area contributed by atoms with Gasteiger partial charge in [-0.3, -0.25) is 43.5 Å². The van der Waals surface area contributed by atoms with Crippen molar-refractivity contribution in [3.63, 3.8) is 0 Å². The van der Waals surface area contributed by atoms with E-state index < -0.39 is 65.6 Å². The summed E-state index contributed by atoms with van der Waals surface area (Å²) in [4.78, 5) is 117. The number of hydrogen-bond acceptors (Lipinski definition) is 15. The van der Waals surface area contributed by atoms with Crippen molar-refractivity contribution in [1.82, 2.24) is 30.6 Å². The van der Waals surface area contributed by atoms with Gasteiger partial charge in [0.15, 0.2) is 0 Å². The molecule has 0 fully saturated rings. The Bertz CT molecular complexity index is 2570. The number of aromatic nitrogens is 4. The summed E-state index contributed by atoms with van der Waals surface area (Å²) in [6.07, 6.45) is -3.96. The summed E-state index contributed by atoms with van der Waals surface area (Å²) < 4.78 is 39.8. The van der Waals surface area contributed by atoms with Crippen LogP contribution in [0.25, 0.3) is 0 Å². The first-order valence-corrected chi connectivity index (χ1v) is 20.7. The van der Waals surface area contributed by atoms with E-state index in [9.17, 15) is 56.3 Å². The van der Waals surface area contributed by atoms with Crippen LogP contribution in [0.3, 0.4) is 0 Å². The van der Waals surface area contributed by atoms with Crippen molar-refractivity contribution >= 4 is 65.3 Å². The third-order valence-electron chi connectivity index (χ3n) is 10.3. The molecular weight excluding hydrogens is 918 g/mol. The number of aromatic amines is 2. The minimum atomic E-state index is -5.15. The van der Waals surface area contributed by atoms with E-state index >= 15 is 0 Å². The van der Waals surface area contributed by atoms with Gasteiger partial charge in [0.2, 0.25) is 17.7 Å². The number of nitrogens with zero attached hydrogens (tertiary/aromatic N) is 2. The van der Waals surface area contributed by atoms with Crippen molar-refractivity contribution in [2.24, 2.45) is 0 Å². The number of carboxylic acid groups (broad SMARTS) is 3. The van der Waals surface area contributed by atoms with Crippen LogP contribution in [-0.4, -0.2) is 95.3 Å². The maximum absolute atomic E-state index is 13.3. The van der Waals surface area contributed by atoms with E-state index in [1.165, 1.54) is 0 Å². The van der Waals surface area contributed by atoms with Gasteiger partial charge in [-0.05, 0) is 93.7 Å². The lowest BCUT2D eigenvalue weighted by molar-refractivity contribution is -0.173. The number of hydrogen-bond donors (Lipinski definition) is 11. The number of aldehydes is 1. The molecule has 22 nitrogen and oxygen atoms in total. The van der Waals surface area contributed by atoms with Crippen LogP contribution in [0.2, 0.25) is 0 Å². The van der Waals surface area contributed by atoms with Gasteiger partial charge >= 0.3 is 24.1 Å². The van der Waals surface area contributed by atoms with Gasteiger partial charge in [-0.2, -0.15) is 23.1 Å². The number of amides is 2. The Labute approximate surface area is 391 Å².